The number of nitrogens with zero attached hydrogens (tertiary/aromatic N) is 2. The van der Waals surface area contributed by atoms with Crippen molar-refractivity contribution in [2.75, 3.05) is 12.9 Å². The van der Waals surface area contributed by atoms with E-state index in [9.17, 15) is 4.79 Å². The average Bonchev–Trinajstić information content (AvgIpc) is 2.47. The Bertz CT molecular complexity index is 511. The predicted octanol–water partition coefficient (Wildman–Crippen LogP) is 3.38. The fourth-order valence-electron chi connectivity index (χ4n) is 2.21. The van der Waals surface area contributed by atoms with Crippen molar-refractivity contribution in [1.82, 2.24) is 4.98 Å². The van der Waals surface area contributed by atoms with Gasteiger partial charge in [-0.1, -0.05) is 0 Å². The van der Waals surface area contributed by atoms with Crippen LogP contribution in [0.5, 0.6) is 0 Å². The number of carbonyl (C=O) groups is 1. The summed E-state index contributed by atoms with van der Waals surface area (Å²) in [5, 5.41) is 0. The molecule has 114 valence electrons. The highest BCUT2D eigenvalue weighted by Gasteiger charge is 2.43. The summed E-state index contributed by atoms with van der Waals surface area (Å²) in [7, 11) is 1.40. The smallest absolute Gasteiger partial charge is 0.321 e. The first kappa shape index (κ1) is 17.5. The van der Waals surface area contributed by atoms with Crippen molar-refractivity contribution >= 4 is 17.7 Å². The molecule has 1 rings (SSSR count). The van der Waals surface area contributed by atoms with Gasteiger partial charge >= 0.3 is 5.97 Å². The Morgan fingerprint density at radius 2 is 2.00 bits per heavy atom. The zero-order valence-corrected chi connectivity index (χ0v) is 13.9. The van der Waals surface area contributed by atoms with E-state index in [-0.39, 0.29) is 5.97 Å². The first-order valence-electron chi connectivity index (χ1n) is 6.83. The van der Waals surface area contributed by atoms with E-state index in [0.29, 0.717) is 6.42 Å². The van der Waals surface area contributed by atoms with E-state index in [4.69, 9.17) is 11.3 Å². The monoisotopic (exact) mass is 306 g/mol. The molecule has 0 saturated carbocycles. The molecule has 1 atom stereocenters. The van der Waals surface area contributed by atoms with Crippen molar-refractivity contribution in [3.8, 4) is 0 Å². The van der Waals surface area contributed by atoms with Crippen LogP contribution in [0.15, 0.2) is 24.5 Å². The van der Waals surface area contributed by atoms with E-state index in [0.717, 1.165) is 12.2 Å². The van der Waals surface area contributed by atoms with Gasteiger partial charge in [-0.05, 0) is 36.8 Å². The normalized spacial score (nSPS) is 14.0. The molecule has 5 heteroatoms. The fourth-order valence-corrected chi connectivity index (χ4v) is 3.65. The van der Waals surface area contributed by atoms with Crippen molar-refractivity contribution in [1.29, 1.82) is 0 Å². The van der Waals surface area contributed by atoms with E-state index in [1.54, 1.807) is 24.2 Å². The summed E-state index contributed by atoms with van der Waals surface area (Å²) in [6.07, 6.45) is 4.86. The number of esters is 1. The Morgan fingerprint density at radius 3 is 2.52 bits per heavy atom. The first-order valence-corrected chi connectivity index (χ1v) is 7.81. The Kier molecular flexibility index (Phi) is 6.22. The Labute approximate surface area is 131 Å². The molecular weight excluding hydrogens is 284 g/mol. The van der Waals surface area contributed by atoms with E-state index < -0.39 is 10.3 Å². The molecule has 4 nitrogen and oxygen atoms in total. The molecule has 0 bridgehead atoms. The summed E-state index contributed by atoms with van der Waals surface area (Å²) in [5.41, 5.74) is 0.612. The van der Waals surface area contributed by atoms with Crippen LogP contribution < -0.4 is 0 Å². The zero-order chi connectivity index (χ0) is 15.9. The molecule has 0 radical (unpaired) electrons. The van der Waals surface area contributed by atoms with Gasteiger partial charge in [-0.2, -0.15) is 0 Å². The molecule has 0 N–H and O–H groups in total. The van der Waals surface area contributed by atoms with E-state index in [1.165, 1.54) is 12.7 Å². The molecule has 0 spiro atoms. The molecule has 1 aromatic rings. The molecule has 0 aliphatic carbocycles. The number of aryl methyl sites for hydroxylation is 1. The van der Waals surface area contributed by atoms with E-state index >= 15 is 0 Å². The van der Waals surface area contributed by atoms with Crippen LogP contribution >= 0.6 is 11.8 Å². The van der Waals surface area contributed by atoms with Gasteiger partial charge in [0.25, 0.3) is 0 Å². The third-order valence-corrected chi connectivity index (χ3v) is 4.61. The molecule has 0 aromatic carbocycles. The molecule has 0 amide bonds. The number of carbonyl (C=O) groups excluding carboxylic acids is 1. The Hall–Kier alpha value is -1.54. The maximum absolute atomic E-state index is 12.1. The van der Waals surface area contributed by atoms with Gasteiger partial charge in [0, 0.05) is 26.2 Å². The molecule has 0 aliphatic heterocycles. The molecular formula is C16H22N2O2S. The number of thioether (sulfide) groups is 1. The second-order valence-corrected chi connectivity index (χ2v) is 7.38. The third-order valence-electron chi connectivity index (χ3n) is 3.25. The highest BCUT2D eigenvalue weighted by Crippen LogP contribution is 2.36. The van der Waals surface area contributed by atoms with Crippen LogP contribution in [0.3, 0.4) is 0 Å². The summed E-state index contributed by atoms with van der Waals surface area (Å²) in [4.78, 5) is 19.7. The average molecular weight is 306 g/mol. The number of methoxy groups -OCH3 is 1. The maximum Gasteiger partial charge on any atom is 0.321 e. The van der Waals surface area contributed by atoms with Crippen molar-refractivity contribution in [2.24, 2.45) is 0 Å². The number of rotatable bonds is 7. The molecule has 21 heavy (non-hydrogen) atoms. The lowest BCUT2D eigenvalue weighted by Crippen LogP contribution is -2.39. The van der Waals surface area contributed by atoms with Crippen LogP contribution in [0.25, 0.3) is 4.85 Å². The van der Waals surface area contributed by atoms with Crippen LogP contribution in [0.4, 0.5) is 0 Å². The first-order chi connectivity index (χ1) is 9.83. The Balaban J connectivity index is 2.70. The van der Waals surface area contributed by atoms with Gasteiger partial charge in [-0.15, -0.1) is 11.8 Å². The van der Waals surface area contributed by atoms with Gasteiger partial charge in [0.15, 0.2) is 0 Å². The zero-order valence-electron chi connectivity index (χ0n) is 13.0. The molecule has 1 heterocycles. The van der Waals surface area contributed by atoms with Gasteiger partial charge in [0.2, 0.25) is 5.54 Å². The molecule has 0 fully saturated rings. The second-order valence-electron chi connectivity index (χ2n) is 5.78. The molecule has 1 unspecified atom stereocenters. The molecule has 0 aliphatic rings. The summed E-state index contributed by atoms with van der Waals surface area (Å²) < 4.78 is 4.24. The standard InChI is InChI=1S/C16H22N2O2S/c1-15(2,17-4)12-16(3,14(19)20-5)21-11-8-13-6-9-18-10-7-13/h6-7,9-10H,8,11-12H2,1-3,5H3. The van der Waals surface area contributed by atoms with Crippen molar-refractivity contribution in [3.05, 3.63) is 41.5 Å². The van der Waals surface area contributed by atoms with Crippen molar-refractivity contribution in [2.45, 2.75) is 43.9 Å². The number of hydrogen-bond acceptors (Lipinski definition) is 4. The van der Waals surface area contributed by atoms with Crippen LogP contribution in [0, 0.1) is 6.57 Å². The quantitative estimate of drug-likeness (QED) is 0.572. The summed E-state index contributed by atoms with van der Waals surface area (Å²) >= 11 is 1.56. The van der Waals surface area contributed by atoms with Gasteiger partial charge in [-0.3, -0.25) is 9.78 Å². The number of ether oxygens (including phenoxy) is 1. The minimum Gasteiger partial charge on any atom is -0.468 e. The largest absolute Gasteiger partial charge is 0.468 e. The van der Waals surface area contributed by atoms with E-state index in [1.807, 2.05) is 32.9 Å². The fraction of sp³-hybridized carbons (Fsp3) is 0.562. The summed E-state index contributed by atoms with van der Waals surface area (Å²) in [6.45, 7) is 12.8. The lowest BCUT2D eigenvalue weighted by Gasteiger charge is -2.28. The minimum atomic E-state index is -0.699. The topological polar surface area (TPSA) is 43.5 Å². The number of pyridine rings is 1. The molecule has 1 aromatic heterocycles. The maximum atomic E-state index is 12.1. The van der Waals surface area contributed by atoms with Crippen molar-refractivity contribution in [3.63, 3.8) is 0 Å². The second kappa shape index (κ2) is 7.46. The lowest BCUT2D eigenvalue weighted by molar-refractivity contribution is -0.143. The summed E-state index contributed by atoms with van der Waals surface area (Å²) in [5.74, 6) is 0.530. The van der Waals surface area contributed by atoms with Gasteiger partial charge in [0.05, 0.1) is 13.5 Å². The van der Waals surface area contributed by atoms with E-state index in [2.05, 4.69) is 9.83 Å². The summed E-state index contributed by atoms with van der Waals surface area (Å²) in [6, 6.07) is 3.94. The van der Waals surface area contributed by atoms with Crippen LogP contribution in [-0.4, -0.2) is 34.1 Å². The van der Waals surface area contributed by atoms with Crippen LogP contribution in [0.1, 0.15) is 32.8 Å². The highest BCUT2D eigenvalue weighted by molar-refractivity contribution is 8.01. The van der Waals surface area contributed by atoms with Gasteiger partial charge in [-0.25, -0.2) is 6.57 Å². The van der Waals surface area contributed by atoms with Gasteiger partial charge in [0.1, 0.15) is 4.75 Å². The number of hydrogen-bond donors (Lipinski definition) is 0. The van der Waals surface area contributed by atoms with Crippen LogP contribution in [-0.2, 0) is 16.0 Å². The molecule has 0 saturated heterocycles. The minimum absolute atomic E-state index is 0.265. The lowest BCUT2D eigenvalue weighted by atomic mass is 9.92. The highest BCUT2D eigenvalue weighted by atomic mass is 32.2. The SMILES string of the molecule is [C-]#[N+]C(C)(C)CC(C)(SCCc1ccncc1)C(=O)OC. The Morgan fingerprint density at radius 1 is 1.38 bits per heavy atom. The number of aromatic nitrogens is 1. The third kappa shape index (κ3) is 5.39. The van der Waals surface area contributed by atoms with Crippen molar-refractivity contribution < 1.29 is 9.53 Å². The van der Waals surface area contributed by atoms with Gasteiger partial charge < -0.3 is 9.58 Å². The predicted molar refractivity (Wildman–Crippen MR) is 86.1 cm³/mol. The van der Waals surface area contributed by atoms with Crippen LogP contribution in [0.2, 0.25) is 0 Å².